The van der Waals surface area contributed by atoms with Gasteiger partial charge in [-0.1, -0.05) is 0 Å². The fraction of sp³-hybridized carbons (Fsp3) is 0.800. The van der Waals surface area contributed by atoms with E-state index in [-0.39, 0.29) is 5.54 Å². The van der Waals surface area contributed by atoms with Crippen molar-refractivity contribution < 1.29 is 0 Å². The molecule has 110 valence electrons. The highest BCUT2D eigenvalue weighted by molar-refractivity contribution is 7.98. The lowest BCUT2D eigenvalue weighted by Crippen LogP contribution is -2.37. The number of aryl methyl sites for hydroxylation is 2. The number of rotatable bonds is 7. The zero-order valence-corrected chi connectivity index (χ0v) is 14.2. The van der Waals surface area contributed by atoms with Crippen LogP contribution in [0.5, 0.6) is 0 Å². The molecule has 0 saturated heterocycles. The molecule has 0 aliphatic carbocycles. The smallest absolute Gasteiger partial charge is 0.0628 e. The van der Waals surface area contributed by atoms with Crippen LogP contribution in [-0.2, 0) is 13.0 Å². The fourth-order valence-electron chi connectivity index (χ4n) is 2.23. The van der Waals surface area contributed by atoms with Crippen molar-refractivity contribution >= 4 is 11.8 Å². The molecular weight excluding hydrogens is 254 g/mol. The maximum atomic E-state index is 4.68. The number of hydrogen-bond acceptors (Lipinski definition) is 3. The summed E-state index contributed by atoms with van der Waals surface area (Å²) in [7, 11) is 0. The third-order valence-electron chi connectivity index (χ3n) is 3.28. The van der Waals surface area contributed by atoms with Crippen LogP contribution < -0.4 is 5.32 Å². The number of thioether (sulfide) groups is 1. The van der Waals surface area contributed by atoms with Crippen LogP contribution >= 0.6 is 11.8 Å². The Morgan fingerprint density at radius 2 is 1.95 bits per heavy atom. The van der Waals surface area contributed by atoms with Gasteiger partial charge in [-0.25, -0.2) is 0 Å². The molecule has 1 rings (SSSR count). The van der Waals surface area contributed by atoms with Gasteiger partial charge in [-0.15, -0.1) is 0 Å². The van der Waals surface area contributed by atoms with Gasteiger partial charge >= 0.3 is 0 Å². The van der Waals surface area contributed by atoms with Crippen molar-refractivity contribution in [2.75, 3.05) is 18.6 Å². The standard InChI is InChI=1S/C15H29N3S/c1-12-14(8-9-16-15(3,4)5)13(2)18(17-12)10-7-11-19-6/h16H,7-11H2,1-6H3. The maximum Gasteiger partial charge on any atom is 0.0628 e. The average molecular weight is 283 g/mol. The van der Waals surface area contributed by atoms with Gasteiger partial charge in [0.1, 0.15) is 0 Å². The number of nitrogens with one attached hydrogen (secondary N) is 1. The van der Waals surface area contributed by atoms with Crippen LogP contribution in [0.4, 0.5) is 0 Å². The second-order valence-corrected chi connectivity index (χ2v) is 7.13. The second-order valence-electron chi connectivity index (χ2n) is 6.15. The summed E-state index contributed by atoms with van der Waals surface area (Å²) in [5, 5.41) is 8.22. The minimum Gasteiger partial charge on any atom is -0.312 e. The SMILES string of the molecule is CSCCCn1nc(C)c(CCNC(C)(C)C)c1C. The summed E-state index contributed by atoms with van der Waals surface area (Å²) in [6, 6.07) is 0. The first-order chi connectivity index (χ1) is 8.85. The maximum absolute atomic E-state index is 4.68. The van der Waals surface area contributed by atoms with Crippen LogP contribution in [0, 0.1) is 13.8 Å². The van der Waals surface area contributed by atoms with Crippen molar-refractivity contribution in [2.24, 2.45) is 0 Å². The Labute approximate surface area is 122 Å². The summed E-state index contributed by atoms with van der Waals surface area (Å²) >= 11 is 1.90. The van der Waals surface area contributed by atoms with Crippen molar-refractivity contribution in [3.63, 3.8) is 0 Å². The molecule has 0 radical (unpaired) electrons. The zero-order chi connectivity index (χ0) is 14.5. The van der Waals surface area contributed by atoms with Crippen molar-refractivity contribution in [1.29, 1.82) is 0 Å². The third-order valence-corrected chi connectivity index (χ3v) is 3.98. The molecule has 1 aromatic heterocycles. The highest BCUT2D eigenvalue weighted by Gasteiger charge is 2.13. The number of nitrogens with zero attached hydrogens (tertiary/aromatic N) is 2. The normalized spacial score (nSPS) is 12.1. The topological polar surface area (TPSA) is 29.9 Å². The van der Waals surface area contributed by atoms with Crippen LogP contribution in [0.3, 0.4) is 0 Å². The molecule has 0 aromatic carbocycles. The van der Waals surface area contributed by atoms with Gasteiger partial charge in [0.2, 0.25) is 0 Å². The first-order valence-electron chi connectivity index (χ1n) is 7.12. The van der Waals surface area contributed by atoms with E-state index in [9.17, 15) is 0 Å². The average Bonchev–Trinajstić information content (AvgIpc) is 2.55. The zero-order valence-electron chi connectivity index (χ0n) is 13.3. The first kappa shape index (κ1) is 16.6. The monoisotopic (exact) mass is 283 g/mol. The van der Waals surface area contributed by atoms with Gasteiger partial charge in [-0.05, 0) is 71.6 Å². The van der Waals surface area contributed by atoms with Crippen molar-refractivity contribution in [3.05, 3.63) is 17.0 Å². The van der Waals surface area contributed by atoms with Crippen LogP contribution in [0.25, 0.3) is 0 Å². The lowest BCUT2D eigenvalue weighted by molar-refractivity contribution is 0.429. The minimum absolute atomic E-state index is 0.191. The molecule has 0 spiro atoms. The van der Waals surface area contributed by atoms with Gasteiger partial charge in [0, 0.05) is 17.8 Å². The molecule has 0 amide bonds. The van der Waals surface area contributed by atoms with Gasteiger partial charge in [0.15, 0.2) is 0 Å². The second kappa shape index (κ2) is 7.34. The quantitative estimate of drug-likeness (QED) is 0.780. The van der Waals surface area contributed by atoms with E-state index in [1.807, 2.05) is 11.8 Å². The Morgan fingerprint density at radius 1 is 1.26 bits per heavy atom. The van der Waals surface area contributed by atoms with Gasteiger partial charge in [-0.3, -0.25) is 4.68 Å². The Bertz CT molecular complexity index is 391. The van der Waals surface area contributed by atoms with E-state index in [0.717, 1.165) is 19.5 Å². The van der Waals surface area contributed by atoms with Crippen LogP contribution in [0.2, 0.25) is 0 Å². The van der Waals surface area contributed by atoms with Crippen LogP contribution in [-0.4, -0.2) is 33.9 Å². The number of hydrogen-bond donors (Lipinski definition) is 1. The molecule has 0 saturated carbocycles. The van der Waals surface area contributed by atoms with E-state index in [2.05, 4.69) is 56.0 Å². The molecule has 1 aromatic rings. The molecule has 0 aliphatic rings. The molecule has 0 aliphatic heterocycles. The summed E-state index contributed by atoms with van der Waals surface area (Å²) in [4.78, 5) is 0. The van der Waals surface area contributed by atoms with Gasteiger partial charge in [0.25, 0.3) is 0 Å². The molecule has 19 heavy (non-hydrogen) atoms. The fourth-order valence-corrected chi connectivity index (χ4v) is 2.65. The molecule has 1 N–H and O–H groups in total. The Kier molecular flexibility index (Phi) is 6.40. The Hall–Kier alpha value is -0.480. The van der Waals surface area contributed by atoms with E-state index in [1.54, 1.807) is 0 Å². The van der Waals surface area contributed by atoms with E-state index in [1.165, 1.54) is 29.1 Å². The summed E-state index contributed by atoms with van der Waals surface area (Å²) < 4.78 is 2.18. The summed E-state index contributed by atoms with van der Waals surface area (Å²) in [6.07, 6.45) is 4.42. The van der Waals surface area contributed by atoms with Crippen LogP contribution in [0.1, 0.15) is 44.1 Å². The molecule has 0 unspecified atom stereocenters. The largest absolute Gasteiger partial charge is 0.312 e. The molecule has 0 fully saturated rings. The molecule has 0 atom stereocenters. The van der Waals surface area contributed by atoms with Gasteiger partial charge in [-0.2, -0.15) is 16.9 Å². The highest BCUT2D eigenvalue weighted by atomic mass is 32.2. The van der Waals surface area contributed by atoms with Crippen molar-refractivity contribution in [1.82, 2.24) is 15.1 Å². The van der Waals surface area contributed by atoms with E-state index < -0.39 is 0 Å². The Balaban J connectivity index is 2.58. The molecular formula is C15H29N3S. The van der Waals surface area contributed by atoms with Crippen molar-refractivity contribution in [3.8, 4) is 0 Å². The lowest BCUT2D eigenvalue weighted by Gasteiger charge is -2.20. The molecule has 4 heteroatoms. The molecule has 0 bridgehead atoms. The van der Waals surface area contributed by atoms with E-state index in [4.69, 9.17) is 0 Å². The lowest BCUT2D eigenvalue weighted by atomic mass is 10.1. The first-order valence-corrected chi connectivity index (χ1v) is 8.51. The summed E-state index contributed by atoms with van der Waals surface area (Å²) in [5.74, 6) is 1.21. The van der Waals surface area contributed by atoms with Crippen LogP contribution in [0.15, 0.2) is 0 Å². The van der Waals surface area contributed by atoms with Gasteiger partial charge in [0.05, 0.1) is 5.69 Å². The van der Waals surface area contributed by atoms with Crippen molar-refractivity contribution in [2.45, 2.75) is 59.5 Å². The Morgan fingerprint density at radius 3 is 2.53 bits per heavy atom. The predicted molar refractivity (Wildman–Crippen MR) is 86.2 cm³/mol. The number of aromatic nitrogens is 2. The third kappa shape index (κ3) is 5.57. The van der Waals surface area contributed by atoms with E-state index in [0.29, 0.717) is 0 Å². The van der Waals surface area contributed by atoms with Gasteiger partial charge < -0.3 is 5.32 Å². The predicted octanol–water partition coefficient (Wildman–Crippen LogP) is 3.18. The molecule has 3 nitrogen and oxygen atoms in total. The van der Waals surface area contributed by atoms with E-state index >= 15 is 0 Å². The summed E-state index contributed by atoms with van der Waals surface area (Å²) in [5.41, 5.74) is 4.14. The minimum atomic E-state index is 0.191. The summed E-state index contributed by atoms with van der Waals surface area (Å²) in [6.45, 7) is 13.0. The molecule has 1 heterocycles. The highest BCUT2D eigenvalue weighted by Crippen LogP contribution is 2.14.